The fraction of sp³-hybridized carbons (Fsp3) is 0.920. The molecule has 154 valence electrons. The normalized spacial score (nSPS) is 46.6. The van der Waals surface area contributed by atoms with Gasteiger partial charge in [0, 0.05) is 25.2 Å². The molecular formula is C25H44N2. The fourth-order valence-corrected chi connectivity index (χ4v) is 7.77. The molecule has 4 aliphatic rings. The minimum atomic E-state index is 0.504. The smallest absolute Gasteiger partial charge is 0.0253 e. The lowest BCUT2D eigenvalue weighted by Gasteiger charge is -2.58. The van der Waals surface area contributed by atoms with Gasteiger partial charge in [0.1, 0.15) is 0 Å². The summed E-state index contributed by atoms with van der Waals surface area (Å²) >= 11 is 0. The van der Waals surface area contributed by atoms with Crippen molar-refractivity contribution in [1.29, 1.82) is 0 Å². The number of hydrogen-bond acceptors (Lipinski definition) is 2. The molecule has 4 rings (SSSR count). The summed E-state index contributed by atoms with van der Waals surface area (Å²) in [4.78, 5) is 0. The van der Waals surface area contributed by atoms with Crippen LogP contribution in [0.5, 0.6) is 0 Å². The molecule has 0 amide bonds. The number of hydrogen-bond donors (Lipinski definition) is 2. The van der Waals surface area contributed by atoms with E-state index in [9.17, 15) is 0 Å². The van der Waals surface area contributed by atoms with Crippen molar-refractivity contribution in [3.8, 4) is 0 Å². The topological polar surface area (TPSA) is 24.1 Å². The molecule has 4 aliphatic carbocycles. The van der Waals surface area contributed by atoms with E-state index in [1.54, 1.807) is 0 Å². The van der Waals surface area contributed by atoms with Gasteiger partial charge in [-0.25, -0.2) is 0 Å². The molecule has 0 saturated heterocycles. The van der Waals surface area contributed by atoms with E-state index in [1.165, 1.54) is 51.4 Å². The Balaban J connectivity index is 1.43. The van der Waals surface area contributed by atoms with E-state index < -0.39 is 0 Å². The van der Waals surface area contributed by atoms with Crippen molar-refractivity contribution in [3.63, 3.8) is 0 Å². The highest BCUT2D eigenvalue weighted by Crippen LogP contribution is 2.66. The molecule has 0 aromatic carbocycles. The van der Waals surface area contributed by atoms with Gasteiger partial charge in [-0.3, -0.25) is 0 Å². The van der Waals surface area contributed by atoms with Crippen LogP contribution in [0.2, 0.25) is 0 Å². The molecule has 0 spiro atoms. The highest BCUT2D eigenvalue weighted by Gasteiger charge is 2.57. The third-order valence-electron chi connectivity index (χ3n) is 9.67. The Hall–Kier alpha value is -0.340. The van der Waals surface area contributed by atoms with Gasteiger partial charge in [0.05, 0.1) is 0 Å². The number of nitrogens with one attached hydrogen (secondary N) is 2. The summed E-state index contributed by atoms with van der Waals surface area (Å²) in [5, 5.41) is 7.34. The number of fused-ring (bicyclic) bond motifs is 5. The molecule has 0 aromatic rings. The molecule has 2 N–H and O–H groups in total. The predicted octanol–water partition coefficient (Wildman–Crippen LogP) is 5.54. The van der Waals surface area contributed by atoms with Crippen LogP contribution in [0.15, 0.2) is 11.6 Å². The molecule has 3 fully saturated rings. The summed E-state index contributed by atoms with van der Waals surface area (Å²) in [5.74, 6) is 3.94. The second-order valence-corrected chi connectivity index (χ2v) is 11.3. The molecule has 0 radical (unpaired) electrons. The molecule has 0 heterocycles. The Morgan fingerprint density at radius 2 is 1.81 bits per heavy atom. The Labute approximate surface area is 168 Å². The van der Waals surface area contributed by atoms with Crippen LogP contribution in [0.25, 0.3) is 0 Å². The Morgan fingerprint density at radius 1 is 1.00 bits per heavy atom. The lowest BCUT2D eigenvalue weighted by Crippen LogP contribution is -2.51. The first-order valence-electron chi connectivity index (χ1n) is 12.0. The third kappa shape index (κ3) is 3.44. The van der Waals surface area contributed by atoms with E-state index in [0.29, 0.717) is 22.9 Å². The van der Waals surface area contributed by atoms with Crippen LogP contribution in [0, 0.1) is 34.5 Å². The molecule has 7 unspecified atom stereocenters. The number of allylic oxidation sites excluding steroid dienone is 1. The van der Waals surface area contributed by atoms with Gasteiger partial charge >= 0.3 is 0 Å². The lowest BCUT2D eigenvalue weighted by atomic mass is 9.47. The van der Waals surface area contributed by atoms with Crippen LogP contribution in [0.1, 0.15) is 86.0 Å². The first-order valence-corrected chi connectivity index (χ1v) is 12.0. The summed E-state index contributed by atoms with van der Waals surface area (Å²) in [6, 6.07) is 1.20. The largest absolute Gasteiger partial charge is 0.313 e. The lowest BCUT2D eigenvalue weighted by molar-refractivity contribution is -0.0495. The molecule has 27 heavy (non-hydrogen) atoms. The quantitative estimate of drug-likeness (QED) is 0.489. The molecular weight excluding hydrogens is 328 g/mol. The molecule has 0 aromatic heterocycles. The summed E-state index contributed by atoms with van der Waals surface area (Å²) in [5.41, 5.74) is 2.98. The monoisotopic (exact) mass is 372 g/mol. The van der Waals surface area contributed by atoms with Crippen LogP contribution >= 0.6 is 0 Å². The van der Waals surface area contributed by atoms with E-state index in [2.05, 4.69) is 51.3 Å². The second-order valence-electron chi connectivity index (χ2n) is 11.3. The van der Waals surface area contributed by atoms with Gasteiger partial charge in [0.15, 0.2) is 0 Å². The first-order chi connectivity index (χ1) is 12.8. The van der Waals surface area contributed by atoms with E-state index in [4.69, 9.17) is 0 Å². The van der Waals surface area contributed by atoms with Crippen molar-refractivity contribution in [2.24, 2.45) is 34.5 Å². The van der Waals surface area contributed by atoms with Crippen molar-refractivity contribution >= 4 is 0 Å². The predicted molar refractivity (Wildman–Crippen MR) is 116 cm³/mol. The maximum absolute atomic E-state index is 3.81. The molecule has 0 bridgehead atoms. The van der Waals surface area contributed by atoms with Crippen molar-refractivity contribution < 1.29 is 0 Å². The van der Waals surface area contributed by atoms with Gasteiger partial charge in [-0.15, -0.1) is 0 Å². The van der Waals surface area contributed by atoms with Crippen molar-refractivity contribution in [2.75, 3.05) is 13.1 Å². The van der Waals surface area contributed by atoms with E-state index in [0.717, 1.165) is 36.8 Å². The van der Waals surface area contributed by atoms with Crippen LogP contribution < -0.4 is 10.6 Å². The van der Waals surface area contributed by atoms with Crippen molar-refractivity contribution in [2.45, 2.75) is 98.1 Å². The summed E-state index contributed by atoms with van der Waals surface area (Å²) in [6.07, 6.45) is 14.2. The average Bonchev–Trinajstić information content (AvgIpc) is 2.94. The zero-order valence-corrected chi connectivity index (χ0v) is 18.6. The Morgan fingerprint density at radius 3 is 2.59 bits per heavy atom. The zero-order valence-electron chi connectivity index (χ0n) is 18.6. The van der Waals surface area contributed by atoms with Gasteiger partial charge in [0.25, 0.3) is 0 Å². The van der Waals surface area contributed by atoms with Crippen molar-refractivity contribution in [1.82, 2.24) is 10.6 Å². The van der Waals surface area contributed by atoms with Crippen LogP contribution in [0.4, 0.5) is 0 Å². The highest BCUT2D eigenvalue weighted by molar-refractivity contribution is 5.26. The SMILES string of the molecule is CC(C)NCCNC1C=C2CCC3C(CCC4(C)C(C)CCC34)C2(C)CC1. The van der Waals surface area contributed by atoms with Gasteiger partial charge in [-0.2, -0.15) is 0 Å². The van der Waals surface area contributed by atoms with Crippen LogP contribution in [0.3, 0.4) is 0 Å². The number of rotatable bonds is 5. The first kappa shape index (κ1) is 20.0. The molecule has 7 atom stereocenters. The molecule has 0 aliphatic heterocycles. The van der Waals surface area contributed by atoms with Crippen LogP contribution in [-0.4, -0.2) is 25.2 Å². The maximum Gasteiger partial charge on any atom is 0.0253 e. The fourth-order valence-electron chi connectivity index (χ4n) is 7.77. The van der Waals surface area contributed by atoms with E-state index in [-0.39, 0.29) is 0 Å². The second kappa shape index (κ2) is 7.48. The summed E-state index contributed by atoms with van der Waals surface area (Å²) in [6.45, 7) is 14.5. The van der Waals surface area contributed by atoms with Crippen molar-refractivity contribution in [3.05, 3.63) is 11.6 Å². The summed E-state index contributed by atoms with van der Waals surface area (Å²) < 4.78 is 0. The molecule has 2 heteroatoms. The van der Waals surface area contributed by atoms with Gasteiger partial charge < -0.3 is 10.6 Å². The molecule has 2 nitrogen and oxygen atoms in total. The summed E-state index contributed by atoms with van der Waals surface area (Å²) in [7, 11) is 0. The Kier molecular flexibility index (Phi) is 5.53. The van der Waals surface area contributed by atoms with E-state index in [1.807, 2.05) is 5.57 Å². The van der Waals surface area contributed by atoms with Gasteiger partial charge in [-0.05, 0) is 85.9 Å². The van der Waals surface area contributed by atoms with Gasteiger partial charge in [0.2, 0.25) is 0 Å². The zero-order chi connectivity index (χ0) is 19.2. The van der Waals surface area contributed by atoms with E-state index >= 15 is 0 Å². The maximum atomic E-state index is 3.81. The highest BCUT2D eigenvalue weighted by atomic mass is 15.0. The van der Waals surface area contributed by atoms with Crippen LogP contribution in [-0.2, 0) is 0 Å². The minimum absolute atomic E-state index is 0.504. The molecule has 3 saturated carbocycles. The third-order valence-corrected chi connectivity index (χ3v) is 9.67. The minimum Gasteiger partial charge on any atom is -0.313 e. The average molecular weight is 373 g/mol. The standard InChI is InChI=1S/C25H44N2/c1-17(2)26-14-15-27-20-10-12-25(5)19(16-20)7-8-21-22-9-6-18(3)24(22,4)13-11-23(21)25/h16-18,20-23,26-27H,6-15H2,1-5H3. The Bertz CT molecular complexity index is 567. The van der Waals surface area contributed by atoms with Gasteiger partial charge in [-0.1, -0.05) is 46.3 Å².